The number of carbonyl (C=O) groups excluding carboxylic acids is 2. The van der Waals surface area contributed by atoms with Gasteiger partial charge in [-0.15, -0.1) is 0 Å². The summed E-state index contributed by atoms with van der Waals surface area (Å²) in [6, 6.07) is 11.1. The van der Waals surface area contributed by atoms with Gasteiger partial charge in [-0.2, -0.15) is 0 Å². The number of ether oxygens (including phenoxy) is 1. The van der Waals surface area contributed by atoms with Gasteiger partial charge in [-0.25, -0.2) is 9.18 Å². The lowest BCUT2D eigenvalue weighted by atomic mass is 9.86. The molecule has 5 heteroatoms. The quantitative estimate of drug-likeness (QED) is 0.857. The van der Waals surface area contributed by atoms with Crippen molar-refractivity contribution < 1.29 is 18.7 Å². The molecule has 2 aromatic carbocycles. The molecule has 1 N–H and O–H groups in total. The predicted octanol–water partition coefficient (Wildman–Crippen LogP) is 4.06. The van der Waals surface area contributed by atoms with Crippen molar-refractivity contribution in [2.45, 2.75) is 38.7 Å². The SMILES string of the molecule is CC(C)c1ccc2c(c1)CC(C)(C(=O)Nc1ccc(F)cc1)OC2=O. The molecular weight excluding hydrogens is 321 g/mol. The summed E-state index contributed by atoms with van der Waals surface area (Å²) in [5.41, 5.74) is 1.55. The summed E-state index contributed by atoms with van der Waals surface area (Å²) in [5, 5.41) is 2.69. The summed E-state index contributed by atoms with van der Waals surface area (Å²) in [5.74, 6) is -1.01. The van der Waals surface area contributed by atoms with Gasteiger partial charge in [-0.1, -0.05) is 26.0 Å². The molecule has 1 aliphatic heterocycles. The van der Waals surface area contributed by atoms with Gasteiger partial charge in [0, 0.05) is 12.1 Å². The molecule has 2 aromatic rings. The van der Waals surface area contributed by atoms with Crippen molar-refractivity contribution in [3.63, 3.8) is 0 Å². The molecule has 1 aliphatic rings. The Hall–Kier alpha value is -2.69. The minimum atomic E-state index is -1.31. The van der Waals surface area contributed by atoms with Gasteiger partial charge in [0.2, 0.25) is 0 Å². The van der Waals surface area contributed by atoms with Gasteiger partial charge in [-0.3, -0.25) is 4.79 Å². The largest absolute Gasteiger partial charge is 0.445 e. The van der Waals surface area contributed by atoms with Crippen LogP contribution in [0.2, 0.25) is 0 Å². The first-order valence-electron chi connectivity index (χ1n) is 8.22. The molecule has 1 heterocycles. The van der Waals surface area contributed by atoms with E-state index in [1.165, 1.54) is 24.3 Å². The molecule has 0 radical (unpaired) electrons. The van der Waals surface area contributed by atoms with Crippen molar-refractivity contribution in [1.82, 2.24) is 0 Å². The molecule has 0 aromatic heterocycles. The molecule has 0 saturated heterocycles. The average molecular weight is 341 g/mol. The van der Waals surface area contributed by atoms with Crippen LogP contribution in [-0.4, -0.2) is 17.5 Å². The van der Waals surface area contributed by atoms with Crippen molar-refractivity contribution in [3.05, 3.63) is 65.0 Å². The molecule has 0 bridgehead atoms. The summed E-state index contributed by atoms with van der Waals surface area (Å²) in [4.78, 5) is 25.0. The number of nitrogens with one attached hydrogen (secondary N) is 1. The van der Waals surface area contributed by atoms with E-state index < -0.39 is 17.5 Å². The van der Waals surface area contributed by atoms with E-state index in [4.69, 9.17) is 4.74 Å². The summed E-state index contributed by atoms with van der Waals surface area (Å²) in [7, 11) is 0. The fourth-order valence-corrected chi connectivity index (χ4v) is 2.90. The second-order valence-corrected chi connectivity index (χ2v) is 6.83. The highest BCUT2D eigenvalue weighted by atomic mass is 19.1. The third-order valence-corrected chi connectivity index (χ3v) is 4.44. The van der Waals surface area contributed by atoms with Crippen molar-refractivity contribution in [2.24, 2.45) is 0 Å². The third kappa shape index (κ3) is 3.40. The van der Waals surface area contributed by atoms with Crippen LogP contribution >= 0.6 is 0 Å². The molecule has 3 rings (SSSR count). The minimum absolute atomic E-state index is 0.293. The summed E-state index contributed by atoms with van der Waals surface area (Å²) in [6.45, 7) is 5.74. The van der Waals surface area contributed by atoms with Gasteiger partial charge >= 0.3 is 5.97 Å². The van der Waals surface area contributed by atoms with Crippen LogP contribution in [0.25, 0.3) is 0 Å². The van der Waals surface area contributed by atoms with Gasteiger partial charge in [0.25, 0.3) is 5.91 Å². The standard InChI is InChI=1S/C20H20FNO3/c1-12(2)13-4-9-17-14(10-13)11-20(3,25-18(17)23)19(24)22-16-7-5-15(21)6-8-16/h4-10,12H,11H2,1-3H3,(H,22,24). The Morgan fingerprint density at radius 3 is 2.52 bits per heavy atom. The Kier molecular flexibility index (Phi) is 4.33. The van der Waals surface area contributed by atoms with E-state index in [2.05, 4.69) is 19.2 Å². The van der Waals surface area contributed by atoms with Crippen molar-refractivity contribution in [3.8, 4) is 0 Å². The maximum Gasteiger partial charge on any atom is 0.339 e. The maximum absolute atomic E-state index is 13.0. The topological polar surface area (TPSA) is 55.4 Å². The number of halogens is 1. The third-order valence-electron chi connectivity index (χ3n) is 4.44. The van der Waals surface area contributed by atoms with E-state index in [1.807, 2.05) is 12.1 Å². The van der Waals surface area contributed by atoms with Gasteiger partial charge < -0.3 is 10.1 Å². The fourth-order valence-electron chi connectivity index (χ4n) is 2.90. The first kappa shape index (κ1) is 17.1. The fraction of sp³-hybridized carbons (Fsp3) is 0.300. The second-order valence-electron chi connectivity index (χ2n) is 6.83. The molecule has 0 aliphatic carbocycles. The van der Waals surface area contributed by atoms with E-state index in [1.54, 1.807) is 13.0 Å². The number of hydrogen-bond acceptors (Lipinski definition) is 3. The lowest BCUT2D eigenvalue weighted by Crippen LogP contribution is -2.49. The minimum Gasteiger partial charge on any atom is -0.445 e. The normalized spacial score (nSPS) is 19.3. The molecular formula is C20H20FNO3. The van der Waals surface area contributed by atoms with E-state index in [9.17, 15) is 14.0 Å². The first-order valence-corrected chi connectivity index (χ1v) is 8.22. The van der Waals surface area contributed by atoms with Crippen LogP contribution in [0.4, 0.5) is 10.1 Å². The molecule has 1 amide bonds. The zero-order chi connectivity index (χ0) is 18.2. The van der Waals surface area contributed by atoms with E-state index in [0.717, 1.165) is 11.1 Å². The van der Waals surface area contributed by atoms with E-state index >= 15 is 0 Å². The molecule has 0 spiro atoms. The Morgan fingerprint density at radius 2 is 1.88 bits per heavy atom. The average Bonchev–Trinajstić information content (AvgIpc) is 2.56. The molecule has 1 atom stereocenters. The zero-order valence-corrected chi connectivity index (χ0v) is 14.4. The molecule has 4 nitrogen and oxygen atoms in total. The van der Waals surface area contributed by atoms with Crippen molar-refractivity contribution in [1.29, 1.82) is 0 Å². The van der Waals surface area contributed by atoms with Crippen LogP contribution < -0.4 is 5.32 Å². The van der Waals surface area contributed by atoms with Crippen molar-refractivity contribution in [2.75, 3.05) is 5.32 Å². The van der Waals surface area contributed by atoms with Gasteiger partial charge in [-0.05, 0) is 54.3 Å². The van der Waals surface area contributed by atoms with E-state index in [0.29, 0.717) is 23.6 Å². The Bertz CT molecular complexity index is 829. The molecule has 0 fully saturated rings. The lowest BCUT2D eigenvalue weighted by Gasteiger charge is -2.33. The maximum atomic E-state index is 13.0. The smallest absolute Gasteiger partial charge is 0.339 e. The predicted molar refractivity (Wildman–Crippen MR) is 93.1 cm³/mol. The monoisotopic (exact) mass is 341 g/mol. The van der Waals surface area contributed by atoms with Crippen LogP contribution in [0.1, 0.15) is 48.2 Å². The van der Waals surface area contributed by atoms with Crippen molar-refractivity contribution >= 4 is 17.6 Å². The molecule has 130 valence electrons. The second kappa shape index (κ2) is 6.31. The highest BCUT2D eigenvalue weighted by molar-refractivity contribution is 6.02. The summed E-state index contributed by atoms with van der Waals surface area (Å²) < 4.78 is 18.4. The Labute approximate surface area is 146 Å². The van der Waals surface area contributed by atoms with E-state index in [-0.39, 0.29) is 5.82 Å². The number of cyclic esters (lactones) is 1. The Morgan fingerprint density at radius 1 is 1.20 bits per heavy atom. The number of fused-ring (bicyclic) bond motifs is 1. The molecule has 25 heavy (non-hydrogen) atoms. The zero-order valence-electron chi connectivity index (χ0n) is 14.4. The molecule has 0 saturated carbocycles. The molecule has 1 unspecified atom stereocenters. The van der Waals surface area contributed by atoms with Crippen LogP contribution in [0.15, 0.2) is 42.5 Å². The number of esters is 1. The number of amides is 1. The lowest BCUT2D eigenvalue weighted by molar-refractivity contribution is -0.134. The highest BCUT2D eigenvalue weighted by Crippen LogP contribution is 2.31. The summed E-state index contributed by atoms with van der Waals surface area (Å²) >= 11 is 0. The highest BCUT2D eigenvalue weighted by Gasteiger charge is 2.42. The van der Waals surface area contributed by atoms with Crippen LogP contribution in [-0.2, 0) is 16.0 Å². The Balaban J connectivity index is 1.86. The first-order chi connectivity index (χ1) is 11.8. The number of anilines is 1. The van der Waals surface area contributed by atoms with Gasteiger partial charge in [0.1, 0.15) is 5.82 Å². The number of rotatable bonds is 3. The van der Waals surface area contributed by atoms with Gasteiger partial charge in [0.05, 0.1) is 5.56 Å². The van der Waals surface area contributed by atoms with Gasteiger partial charge in [0.15, 0.2) is 5.60 Å². The number of benzene rings is 2. The number of carbonyl (C=O) groups is 2. The van der Waals surface area contributed by atoms with Crippen LogP contribution in [0.3, 0.4) is 0 Å². The summed E-state index contributed by atoms with van der Waals surface area (Å²) in [6.07, 6.45) is 0.293. The van der Waals surface area contributed by atoms with Crippen LogP contribution in [0.5, 0.6) is 0 Å². The number of hydrogen-bond donors (Lipinski definition) is 1. The van der Waals surface area contributed by atoms with Crippen LogP contribution in [0, 0.1) is 5.82 Å².